The zero-order valence-corrected chi connectivity index (χ0v) is 20.9. The SMILES string of the molecule is C=CCc1cc(/C=C2\SC(=Nc3ccccc3)N(CCOCC)C2=O)cc(OCC)c1OCC. The van der Waals surface area contributed by atoms with Crippen LogP contribution < -0.4 is 9.47 Å². The third-order valence-electron chi connectivity index (χ3n) is 4.94. The van der Waals surface area contributed by atoms with Crippen molar-refractivity contribution in [2.24, 2.45) is 4.99 Å². The highest BCUT2D eigenvalue weighted by molar-refractivity contribution is 8.18. The van der Waals surface area contributed by atoms with Crippen molar-refractivity contribution in [3.63, 3.8) is 0 Å². The standard InChI is InChI=1S/C27H32N2O4S/c1-5-12-21-17-20(18-23(32-7-3)25(21)33-8-4)19-24-26(30)29(15-16-31-6-2)27(34-24)28-22-13-10-9-11-14-22/h5,9-11,13-14,17-19H,1,6-8,12,15-16H2,2-4H3/b24-19-,28-27?. The van der Waals surface area contributed by atoms with Crippen LogP contribution in [0, 0.1) is 0 Å². The molecule has 1 aliphatic heterocycles. The molecular formula is C27H32N2O4S. The number of carbonyl (C=O) groups is 1. The number of rotatable bonds is 12. The Morgan fingerprint density at radius 1 is 1.06 bits per heavy atom. The van der Waals surface area contributed by atoms with Crippen LogP contribution in [0.3, 0.4) is 0 Å². The molecule has 1 aliphatic rings. The third kappa shape index (κ3) is 6.52. The first kappa shape index (κ1) is 25.6. The van der Waals surface area contributed by atoms with Gasteiger partial charge in [-0.25, -0.2) is 4.99 Å². The van der Waals surface area contributed by atoms with Gasteiger partial charge in [-0.05, 0) is 74.9 Å². The normalized spacial score (nSPS) is 15.9. The Morgan fingerprint density at radius 2 is 1.82 bits per heavy atom. The first-order chi connectivity index (χ1) is 16.6. The lowest BCUT2D eigenvalue weighted by atomic mass is 10.0. The van der Waals surface area contributed by atoms with Crippen LogP contribution in [-0.2, 0) is 16.0 Å². The van der Waals surface area contributed by atoms with Crippen molar-refractivity contribution < 1.29 is 19.0 Å². The van der Waals surface area contributed by atoms with Crippen molar-refractivity contribution in [2.45, 2.75) is 27.2 Å². The minimum absolute atomic E-state index is 0.0866. The summed E-state index contributed by atoms with van der Waals surface area (Å²) < 4.78 is 17.2. The van der Waals surface area contributed by atoms with Crippen LogP contribution >= 0.6 is 11.8 Å². The molecule has 1 saturated heterocycles. The van der Waals surface area contributed by atoms with E-state index in [4.69, 9.17) is 19.2 Å². The van der Waals surface area contributed by atoms with E-state index in [1.54, 1.807) is 4.90 Å². The number of allylic oxidation sites excluding steroid dienone is 1. The average Bonchev–Trinajstić information content (AvgIpc) is 3.11. The van der Waals surface area contributed by atoms with E-state index < -0.39 is 0 Å². The van der Waals surface area contributed by atoms with E-state index in [0.29, 0.717) is 55.2 Å². The highest BCUT2D eigenvalue weighted by Gasteiger charge is 2.33. The number of thioether (sulfide) groups is 1. The minimum Gasteiger partial charge on any atom is -0.490 e. The first-order valence-electron chi connectivity index (χ1n) is 11.6. The number of para-hydroxylation sites is 1. The summed E-state index contributed by atoms with van der Waals surface area (Å²) in [6.07, 6.45) is 4.35. The molecule has 6 nitrogen and oxygen atoms in total. The van der Waals surface area contributed by atoms with E-state index in [1.165, 1.54) is 11.8 Å². The molecule has 0 unspecified atom stereocenters. The van der Waals surface area contributed by atoms with Crippen LogP contribution in [-0.4, -0.2) is 48.9 Å². The Labute approximate surface area is 206 Å². The number of aliphatic imine (C=N–C) groups is 1. The Balaban J connectivity index is 1.99. The average molecular weight is 481 g/mol. The van der Waals surface area contributed by atoms with E-state index in [1.807, 2.05) is 75.4 Å². The second-order valence-electron chi connectivity index (χ2n) is 7.36. The van der Waals surface area contributed by atoms with Gasteiger partial charge in [0, 0.05) is 12.2 Å². The monoisotopic (exact) mass is 480 g/mol. The number of benzene rings is 2. The van der Waals surface area contributed by atoms with Gasteiger partial charge in [0.1, 0.15) is 0 Å². The molecule has 180 valence electrons. The number of ether oxygens (including phenoxy) is 3. The second-order valence-corrected chi connectivity index (χ2v) is 8.37. The molecule has 1 fully saturated rings. The summed E-state index contributed by atoms with van der Waals surface area (Å²) in [5.41, 5.74) is 2.63. The fourth-order valence-electron chi connectivity index (χ4n) is 3.50. The molecule has 0 aliphatic carbocycles. The van der Waals surface area contributed by atoms with Gasteiger partial charge < -0.3 is 14.2 Å². The molecule has 0 saturated carbocycles. The zero-order chi connectivity index (χ0) is 24.3. The second kappa shape index (κ2) is 13.0. The molecule has 0 spiro atoms. The van der Waals surface area contributed by atoms with Crippen molar-refractivity contribution >= 4 is 34.6 Å². The predicted octanol–water partition coefficient (Wildman–Crippen LogP) is 5.85. The van der Waals surface area contributed by atoms with Crippen molar-refractivity contribution in [2.75, 3.05) is 33.0 Å². The van der Waals surface area contributed by atoms with Gasteiger partial charge in [0.25, 0.3) is 5.91 Å². The van der Waals surface area contributed by atoms with Gasteiger partial charge in [-0.2, -0.15) is 0 Å². The molecule has 2 aromatic rings. The van der Waals surface area contributed by atoms with Crippen molar-refractivity contribution in [1.29, 1.82) is 0 Å². The highest BCUT2D eigenvalue weighted by atomic mass is 32.2. The predicted molar refractivity (Wildman–Crippen MR) is 140 cm³/mol. The van der Waals surface area contributed by atoms with Crippen LogP contribution in [0.25, 0.3) is 6.08 Å². The van der Waals surface area contributed by atoms with Crippen LogP contribution in [0.5, 0.6) is 11.5 Å². The summed E-state index contributed by atoms with van der Waals surface area (Å²) in [7, 11) is 0. The Hall–Kier alpha value is -3.03. The lowest BCUT2D eigenvalue weighted by molar-refractivity contribution is -0.122. The van der Waals surface area contributed by atoms with Crippen molar-refractivity contribution in [3.05, 3.63) is 71.2 Å². The fourth-order valence-corrected chi connectivity index (χ4v) is 4.52. The number of amides is 1. The Kier molecular flexibility index (Phi) is 9.79. The van der Waals surface area contributed by atoms with Crippen LogP contribution in [0.2, 0.25) is 0 Å². The minimum atomic E-state index is -0.0866. The van der Waals surface area contributed by atoms with Gasteiger partial charge in [0.2, 0.25) is 0 Å². The molecule has 0 N–H and O–H groups in total. The van der Waals surface area contributed by atoms with E-state index in [9.17, 15) is 4.79 Å². The van der Waals surface area contributed by atoms with Crippen LogP contribution in [0.4, 0.5) is 5.69 Å². The number of hydrogen-bond donors (Lipinski definition) is 0. The first-order valence-corrected chi connectivity index (χ1v) is 12.4. The molecule has 1 heterocycles. The van der Waals surface area contributed by atoms with Crippen molar-refractivity contribution in [1.82, 2.24) is 4.90 Å². The number of carbonyl (C=O) groups excluding carboxylic acids is 1. The van der Waals surface area contributed by atoms with Gasteiger partial charge in [0.15, 0.2) is 16.7 Å². The molecule has 7 heteroatoms. The molecule has 0 radical (unpaired) electrons. The van der Waals surface area contributed by atoms with Crippen molar-refractivity contribution in [3.8, 4) is 11.5 Å². The van der Waals surface area contributed by atoms with Gasteiger partial charge in [0.05, 0.1) is 37.0 Å². The van der Waals surface area contributed by atoms with E-state index in [-0.39, 0.29) is 5.91 Å². The fraction of sp³-hybridized carbons (Fsp3) is 0.333. The van der Waals surface area contributed by atoms with E-state index >= 15 is 0 Å². The maximum Gasteiger partial charge on any atom is 0.266 e. The van der Waals surface area contributed by atoms with Crippen LogP contribution in [0.1, 0.15) is 31.9 Å². The highest BCUT2D eigenvalue weighted by Crippen LogP contribution is 2.38. The lowest BCUT2D eigenvalue weighted by Gasteiger charge is -2.16. The molecule has 0 atom stereocenters. The number of hydrogen-bond acceptors (Lipinski definition) is 6. The Morgan fingerprint density at radius 3 is 2.50 bits per heavy atom. The smallest absolute Gasteiger partial charge is 0.266 e. The van der Waals surface area contributed by atoms with Gasteiger partial charge in [-0.3, -0.25) is 9.69 Å². The summed E-state index contributed by atoms with van der Waals surface area (Å²) in [4.78, 5) is 20.3. The van der Waals surface area contributed by atoms with Gasteiger partial charge in [-0.1, -0.05) is 24.3 Å². The number of amidine groups is 1. The third-order valence-corrected chi connectivity index (χ3v) is 5.94. The summed E-state index contributed by atoms with van der Waals surface area (Å²) in [5, 5.41) is 0.643. The largest absolute Gasteiger partial charge is 0.490 e. The van der Waals surface area contributed by atoms with E-state index in [0.717, 1.165) is 22.6 Å². The lowest BCUT2D eigenvalue weighted by Crippen LogP contribution is -2.32. The van der Waals surface area contributed by atoms with E-state index in [2.05, 4.69) is 6.58 Å². The molecule has 3 rings (SSSR count). The maximum atomic E-state index is 13.3. The molecule has 0 aromatic heterocycles. The number of nitrogens with zero attached hydrogens (tertiary/aromatic N) is 2. The van der Waals surface area contributed by atoms with Crippen LogP contribution in [0.15, 0.2) is 65.0 Å². The Bertz CT molecular complexity index is 1050. The molecule has 34 heavy (non-hydrogen) atoms. The summed E-state index contributed by atoms with van der Waals surface area (Å²) >= 11 is 1.37. The summed E-state index contributed by atoms with van der Waals surface area (Å²) in [5.74, 6) is 1.30. The molecule has 1 amide bonds. The zero-order valence-electron chi connectivity index (χ0n) is 20.1. The molecule has 2 aromatic carbocycles. The summed E-state index contributed by atoms with van der Waals surface area (Å²) in [6, 6.07) is 13.6. The molecular weight excluding hydrogens is 448 g/mol. The topological polar surface area (TPSA) is 60.4 Å². The molecule has 0 bridgehead atoms. The quantitative estimate of drug-likeness (QED) is 0.217. The van der Waals surface area contributed by atoms with Gasteiger partial charge in [-0.15, -0.1) is 6.58 Å². The van der Waals surface area contributed by atoms with Gasteiger partial charge >= 0.3 is 0 Å². The maximum absolute atomic E-state index is 13.3. The summed E-state index contributed by atoms with van der Waals surface area (Å²) in [6.45, 7) is 12.2.